The molecule has 0 N–H and O–H groups in total. The molecule has 25 heavy (non-hydrogen) atoms. The first-order valence-corrected chi connectivity index (χ1v) is 9.86. The van der Waals surface area contributed by atoms with Gasteiger partial charge in [0.15, 0.2) is 0 Å². The van der Waals surface area contributed by atoms with Gasteiger partial charge in [0.05, 0.1) is 11.9 Å². The number of amides is 1. The van der Waals surface area contributed by atoms with E-state index >= 15 is 0 Å². The number of nitrogens with zero attached hydrogens (tertiary/aromatic N) is 3. The van der Waals surface area contributed by atoms with Gasteiger partial charge in [-0.3, -0.25) is 14.1 Å². The minimum atomic E-state index is -3.61. The summed E-state index contributed by atoms with van der Waals surface area (Å²) in [6.45, 7) is 0.210. The number of carbonyl (C=O) groups excluding carboxylic acids is 1. The van der Waals surface area contributed by atoms with Gasteiger partial charge in [0.2, 0.25) is 15.9 Å². The van der Waals surface area contributed by atoms with Crippen molar-refractivity contribution in [3.63, 3.8) is 0 Å². The van der Waals surface area contributed by atoms with Gasteiger partial charge < -0.3 is 4.90 Å². The van der Waals surface area contributed by atoms with Crippen LogP contribution >= 0.6 is 11.6 Å². The van der Waals surface area contributed by atoms with Crippen molar-refractivity contribution in [2.24, 2.45) is 0 Å². The highest BCUT2D eigenvalue weighted by molar-refractivity contribution is 7.92. The van der Waals surface area contributed by atoms with E-state index in [-0.39, 0.29) is 12.5 Å². The van der Waals surface area contributed by atoms with E-state index in [0.717, 1.165) is 16.1 Å². The Balaban J connectivity index is 2.06. The lowest BCUT2D eigenvalue weighted by Gasteiger charge is -2.25. The lowest BCUT2D eigenvalue weighted by atomic mass is 10.2. The number of rotatable bonds is 7. The third-order valence-electron chi connectivity index (χ3n) is 3.69. The van der Waals surface area contributed by atoms with E-state index in [4.69, 9.17) is 11.6 Å². The van der Waals surface area contributed by atoms with Crippen molar-refractivity contribution in [1.82, 2.24) is 9.88 Å². The molecule has 2 rings (SSSR count). The van der Waals surface area contributed by atoms with Crippen LogP contribution in [0, 0.1) is 0 Å². The van der Waals surface area contributed by atoms with Gasteiger partial charge in [-0.2, -0.15) is 0 Å². The Hall–Kier alpha value is -2.12. The van der Waals surface area contributed by atoms with Gasteiger partial charge in [0, 0.05) is 31.0 Å². The molecule has 0 bridgehead atoms. The first-order chi connectivity index (χ1) is 11.8. The van der Waals surface area contributed by atoms with Gasteiger partial charge in [-0.1, -0.05) is 17.7 Å². The molecule has 1 amide bonds. The Morgan fingerprint density at radius 3 is 2.48 bits per heavy atom. The highest BCUT2D eigenvalue weighted by Gasteiger charge is 2.22. The molecule has 1 aromatic carbocycles. The standard InChI is InChI=1S/C17H20ClN3O3S/c1-20(11-8-14-6-9-19-10-7-14)17(22)13-21(25(2,23)24)16-5-3-4-15(18)12-16/h3-7,9-10,12H,8,11,13H2,1-2H3. The maximum absolute atomic E-state index is 12.5. The van der Waals surface area contributed by atoms with Gasteiger partial charge >= 0.3 is 0 Å². The predicted molar refractivity (Wildman–Crippen MR) is 99.2 cm³/mol. The summed E-state index contributed by atoms with van der Waals surface area (Å²) in [5.74, 6) is -0.292. The molecule has 0 spiro atoms. The molecule has 1 aromatic heterocycles. The number of hydrogen-bond donors (Lipinski definition) is 0. The van der Waals surface area contributed by atoms with Crippen molar-refractivity contribution in [3.8, 4) is 0 Å². The smallest absolute Gasteiger partial charge is 0.243 e. The first kappa shape index (κ1) is 19.2. The lowest BCUT2D eigenvalue weighted by molar-refractivity contribution is -0.128. The first-order valence-electron chi connectivity index (χ1n) is 7.63. The summed E-state index contributed by atoms with van der Waals surface area (Å²) >= 11 is 5.93. The Morgan fingerprint density at radius 2 is 1.88 bits per heavy atom. The zero-order valence-corrected chi connectivity index (χ0v) is 15.7. The van der Waals surface area contributed by atoms with Crippen LogP contribution in [-0.4, -0.2) is 50.6 Å². The Morgan fingerprint density at radius 1 is 1.20 bits per heavy atom. The molecule has 134 valence electrons. The summed E-state index contributed by atoms with van der Waals surface area (Å²) < 4.78 is 25.2. The fraction of sp³-hybridized carbons (Fsp3) is 0.294. The minimum Gasteiger partial charge on any atom is -0.344 e. The molecule has 0 aliphatic carbocycles. The van der Waals surface area contributed by atoms with E-state index in [1.807, 2.05) is 12.1 Å². The van der Waals surface area contributed by atoms with Crippen LogP contribution in [0.1, 0.15) is 5.56 Å². The van der Waals surface area contributed by atoms with Crippen molar-refractivity contribution < 1.29 is 13.2 Å². The molecule has 1 heterocycles. The van der Waals surface area contributed by atoms with Crippen LogP contribution in [0.3, 0.4) is 0 Å². The van der Waals surface area contributed by atoms with Crippen LogP contribution in [0.4, 0.5) is 5.69 Å². The molecule has 0 atom stereocenters. The summed E-state index contributed by atoms with van der Waals surface area (Å²) in [5, 5.41) is 0.407. The van der Waals surface area contributed by atoms with E-state index in [2.05, 4.69) is 4.98 Å². The van der Waals surface area contributed by atoms with E-state index in [0.29, 0.717) is 23.7 Å². The third-order valence-corrected chi connectivity index (χ3v) is 5.06. The van der Waals surface area contributed by atoms with Gasteiger partial charge in [0.1, 0.15) is 6.54 Å². The lowest BCUT2D eigenvalue weighted by Crippen LogP contribution is -2.41. The van der Waals surface area contributed by atoms with E-state index in [1.165, 1.54) is 11.0 Å². The van der Waals surface area contributed by atoms with Crippen molar-refractivity contribution in [2.45, 2.75) is 6.42 Å². The predicted octanol–water partition coefficient (Wildman–Crippen LogP) is 2.20. The van der Waals surface area contributed by atoms with Crippen LogP contribution < -0.4 is 4.31 Å². The number of benzene rings is 1. The molecule has 0 aliphatic heterocycles. The van der Waals surface area contributed by atoms with Crippen LogP contribution in [0.25, 0.3) is 0 Å². The summed E-state index contributed by atoms with van der Waals surface area (Å²) in [6, 6.07) is 10.2. The van der Waals surface area contributed by atoms with Crippen LogP contribution in [0.2, 0.25) is 5.02 Å². The molecule has 2 aromatic rings. The molecule has 8 heteroatoms. The second-order valence-corrected chi connectivity index (χ2v) is 8.01. The normalized spacial score (nSPS) is 11.2. The van der Waals surface area contributed by atoms with E-state index in [1.54, 1.807) is 37.6 Å². The molecule has 0 radical (unpaired) electrons. The number of sulfonamides is 1. The highest BCUT2D eigenvalue weighted by Crippen LogP contribution is 2.21. The molecule has 6 nitrogen and oxygen atoms in total. The Kier molecular flexibility index (Phi) is 6.39. The molecule has 0 aliphatic rings. The zero-order valence-electron chi connectivity index (χ0n) is 14.1. The molecule has 0 unspecified atom stereocenters. The highest BCUT2D eigenvalue weighted by atomic mass is 35.5. The second kappa shape index (κ2) is 8.31. The SMILES string of the molecule is CN(CCc1ccncc1)C(=O)CN(c1cccc(Cl)c1)S(C)(=O)=O. The fourth-order valence-electron chi connectivity index (χ4n) is 2.25. The van der Waals surface area contributed by atoms with Crippen molar-refractivity contribution in [2.75, 3.05) is 30.7 Å². The number of carbonyl (C=O) groups is 1. The molecule has 0 fully saturated rings. The van der Waals surface area contributed by atoms with Gasteiger partial charge in [-0.05, 0) is 42.3 Å². The monoisotopic (exact) mass is 381 g/mol. The topological polar surface area (TPSA) is 70.6 Å². The summed E-state index contributed by atoms with van der Waals surface area (Å²) in [5.41, 5.74) is 1.43. The van der Waals surface area contributed by atoms with Gasteiger partial charge in [-0.25, -0.2) is 8.42 Å². The molecular formula is C17H20ClN3O3S. The number of hydrogen-bond acceptors (Lipinski definition) is 4. The maximum Gasteiger partial charge on any atom is 0.243 e. The third kappa shape index (κ3) is 5.72. The van der Waals surface area contributed by atoms with Crippen LogP contribution in [0.5, 0.6) is 0 Å². The summed E-state index contributed by atoms with van der Waals surface area (Å²) in [4.78, 5) is 17.9. The Labute approximate surface area is 153 Å². The van der Waals surface area contributed by atoms with E-state index < -0.39 is 10.0 Å². The van der Waals surface area contributed by atoms with Crippen molar-refractivity contribution in [3.05, 3.63) is 59.4 Å². The van der Waals surface area contributed by atoms with Crippen LogP contribution in [-0.2, 0) is 21.2 Å². The average Bonchev–Trinajstić information content (AvgIpc) is 2.57. The second-order valence-electron chi connectivity index (χ2n) is 5.67. The maximum atomic E-state index is 12.5. The largest absolute Gasteiger partial charge is 0.344 e. The molecule has 0 saturated carbocycles. The number of pyridine rings is 1. The number of likely N-dealkylation sites (N-methyl/N-ethyl adjacent to an activating group) is 1. The molecule has 0 saturated heterocycles. The van der Waals surface area contributed by atoms with E-state index in [9.17, 15) is 13.2 Å². The van der Waals surface area contributed by atoms with Gasteiger partial charge in [0.25, 0.3) is 0 Å². The number of halogens is 1. The Bertz CT molecular complexity index is 828. The fourth-order valence-corrected chi connectivity index (χ4v) is 3.27. The summed E-state index contributed by atoms with van der Waals surface area (Å²) in [7, 11) is -1.96. The zero-order chi connectivity index (χ0) is 18.4. The van der Waals surface area contributed by atoms with Crippen LogP contribution in [0.15, 0.2) is 48.8 Å². The van der Waals surface area contributed by atoms with Crippen molar-refractivity contribution >= 4 is 33.2 Å². The average molecular weight is 382 g/mol. The summed E-state index contributed by atoms with van der Waals surface area (Å²) in [6.07, 6.45) is 5.13. The van der Waals surface area contributed by atoms with Crippen molar-refractivity contribution in [1.29, 1.82) is 0 Å². The van der Waals surface area contributed by atoms with Gasteiger partial charge in [-0.15, -0.1) is 0 Å². The molecular weight excluding hydrogens is 362 g/mol. The number of anilines is 1. The quantitative estimate of drug-likeness (QED) is 0.737. The number of aromatic nitrogens is 1. The minimum absolute atomic E-state index is 0.272.